The minimum Gasteiger partial charge on any atom is -0.444 e. The SMILES string of the molecule is CC(C)(C)OC(=O)N1CCC(c2cc(C(=O)CBr)ccn2)C1. The Labute approximate surface area is 139 Å². The average Bonchev–Trinajstić information content (AvgIpc) is 2.95. The van der Waals surface area contributed by atoms with Gasteiger partial charge in [0.05, 0.1) is 5.33 Å². The number of aromatic nitrogens is 1. The van der Waals surface area contributed by atoms with Crippen molar-refractivity contribution in [1.82, 2.24) is 9.88 Å². The van der Waals surface area contributed by atoms with Crippen LogP contribution < -0.4 is 0 Å². The van der Waals surface area contributed by atoms with Crippen molar-refractivity contribution in [3.05, 3.63) is 29.6 Å². The molecule has 1 fully saturated rings. The van der Waals surface area contributed by atoms with Crippen LogP contribution >= 0.6 is 15.9 Å². The maximum Gasteiger partial charge on any atom is 0.410 e. The lowest BCUT2D eigenvalue weighted by Crippen LogP contribution is -2.35. The molecule has 120 valence electrons. The van der Waals surface area contributed by atoms with Crippen molar-refractivity contribution in [2.75, 3.05) is 18.4 Å². The van der Waals surface area contributed by atoms with Crippen LogP contribution in [0, 0.1) is 0 Å². The van der Waals surface area contributed by atoms with Gasteiger partial charge < -0.3 is 9.64 Å². The van der Waals surface area contributed by atoms with E-state index in [0.717, 1.165) is 12.1 Å². The molecule has 1 saturated heterocycles. The Kier molecular flexibility index (Phi) is 5.21. The Bertz CT molecular complexity index is 569. The molecule has 1 aromatic rings. The number of carbonyl (C=O) groups excluding carboxylic acids is 2. The van der Waals surface area contributed by atoms with Gasteiger partial charge in [-0.15, -0.1) is 0 Å². The molecule has 0 saturated carbocycles. The van der Waals surface area contributed by atoms with Crippen LogP contribution in [0.25, 0.3) is 0 Å². The molecule has 6 heteroatoms. The van der Waals surface area contributed by atoms with Gasteiger partial charge in [0.15, 0.2) is 5.78 Å². The fraction of sp³-hybridized carbons (Fsp3) is 0.562. The van der Waals surface area contributed by atoms with E-state index in [4.69, 9.17) is 4.74 Å². The lowest BCUT2D eigenvalue weighted by Gasteiger charge is -2.24. The summed E-state index contributed by atoms with van der Waals surface area (Å²) in [6.07, 6.45) is 2.20. The van der Waals surface area contributed by atoms with Gasteiger partial charge in [-0.1, -0.05) is 15.9 Å². The number of pyridine rings is 1. The number of hydrogen-bond acceptors (Lipinski definition) is 4. The third-order valence-electron chi connectivity index (χ3n) is 3.48. The maximum absolute atomic E-state index is 12.1. The smallest absolute Gasteiger partial charge is 0.410 e. The first-order valence-electron chi connectivity index (χ1n) is 7.33. The fourth-order valence-corrected chi connectivity index (χ4v) is 2.74. The molecule has 1 aromatic heterocycles. The molecule has 0 spiro atoms. The maximum atomic E-state index is 12.1. The van der Waals surface area contributed by atoms with Crippen molar-refractivity contribution in [1.29, 1.82) is 0 Å². The molecule has 0 N–H and O–H groups in total. The van der Waals surface area contributed by atoms with Crippen LogP contribution in [0.3, 0.4) is 0 Å². The highest BCUT2D eigenvalue weighted by molar-refractivity contribution is 9.09. The van der Waals surface area contributed by atoms with Gasteiger partial charge in [0.25, 0.3) is 0 Å². The third kappa shape index (κ3) is 4.29. The predicted molar refractivity (Wildman–Crippen MR) is 87.5 cm³/mol. The molecule has 1 amide bonds. The highest BCUT2D eigenvalue weighted by Crippen LogP contribution is 2.27. The Hall–Kier alpha value is -1.43. The molecular weight excluding hydrogens is 348 g/mol. The molecule has 1 aliphatic heterocycles. The summed E-state index contributed by atoms with van der Waals surface area (Å²) in [6.45, 7) is 6.80. The van der Waals surface area contributed by atoms with Gasteiger partial charge in [0, 0.05) is 36.5 Å². The number of ketones is 1. The number of nitrogens with zero attached hydrogens (tertiary/aromatic N) is 2. The van der Waals surface area contributed by atoms with Crippen molar-refractivity contribution in [3.8, 4) is 0 Å². The number of halogens is 1. The second-order valence-electron chi connectivity index (χ2n) is 6.44. The van der Waals surface area contributed by atoms with Gasteiger partial charge >= 0.3 is 6.09 Å². The molecule has 0 radical (unpaired) electrons. The van der Waals surface area contributed by atoms with Gasteiger partial charge in [0.2, 0.25) is 0 Å². The average molecular weight is 369 g/mol. The molecule has 1 atom stereocenters. The first-order valence-corrected chi connectivity index (χ1v) is 8.45. The minimum atomic E-state index is -0.490. The molecule has 0 aliphatic carbocycles. The van der Waals surface area contributed by atoms with E-state index >= 15 is 0 Å². The van der Waals surface area contributed by atoms with E-state index in [1.165, 1.54) is 0 Å². The van der Waals surface area contributed by atoms with Crippen molar-refractivity contribution < 1.29 is 14.3 Å². The second kappa shape index (κ2) is 6.77. The summed E-state index contributed by atoms with van der Waals surface area (Å²) in [5.74, 6) is 0.182. The molecule has 2 rings (SSSR count). The topological polar surface area (TPSA) is 59.5 Å². The van der Waals surface area contributed by atoms with Gasteiger partial charge in [-0.3, -0.25) is 9.78 Å². The Morgan fingerprint density at radius 3 is 2.82 bits per heavy atom. The fourth-order valence-electron chi connectivity index (χ4n) is 2.42. The van der Waals surface area contributed by atoms with Gasteiger partial charge in [-0.25, -0.2) is 4.79 Å². The summed E-state index contributed by atoms with van der Waals surface area (Å²) in [6, 6.07) is 3.54. The molecule has 5 nitrogen and oxygen atoms in total. The molecule has 0 aromatic carbocycles. The zero-order valence-corrected chi connectivity index (χ0v) is 14.7. The van der Waals surface area contributed by atoms with E-state index in [1.54, 1.807) is 17.2 Å². The van der Waals surface area contributed by atoms with Crippen LogP contribution in [0.4, 0.5) is 4.79 Å². The quantitative estimate of drug-likeness (QED) is 0.605. The van der Waals surface area contributed by atoms with Crippen LogP contribution in [0.1, 0.15) is 49.2 Å². The molecule has 0 bridgehead atoms. The highest BCUT2D eigenvalue weighted by Gasteiger charge is 2.31. The summed E-state index contributed by atoms with van der Waals surface area (Å²) >= 11 is 3.18. The van der Waals surface area contributed by atoms with Crippen molar-refractivity contribution in [2.24, 2.45) is 0 Å². The van der Waals surface area contributed by atoms with Crippen LogP contribution in [0.2, 0.25) is 0 Å². The summed E-state index contributed by atoms with van der Waals surface area (Å²) in [5.41, 5.74) is 1.02. The van der Waals surface area contributed by atoms with Gasteiger partial charge in [0.1, 0.15) is 5.60 Å². The predicted octanol–water partition coefficient (Wildman–Crippen LogP) is 3.38. The Morgan fingerprint density at radius 2 is 2.18 bits per heavy atom. The van der Waals surface area contributed by atoms with E-state index in [9.17, 15) is 9.59 Å². The number of amides is 1. The van der Waals surface area contributed by atoms with E-state index < -0.39 is 5.60 Å². The zero-order valence-electron chi connectivity index (χ0n) is 13.1. The Balaban J connectivity index is 2.04. The second-order valence-corrected chi connectivity index (χ2v) is 7.00. The van der Waals surface area contributed by atoms with Crippen LogP contribution in [-0.4, -0.2) is 45.8 Å². The third-order valence-corrected chi connectivity index (χ3v) is 3.99. The van der Waals surface area contributed by atoms with Crippen molar-refractivity contribution >= 4 is 27.8 Å². The molecule has 1 unspecified atom stereocenters. The summed E-state index contributed by atoms with van der Waals surface area (Å²) in [5, 5.41) is 0.297. The molecule has 2 heterocycles. The largest absolute Gasteiger partial charge is 0.444 e. The van der Waals surface area contributed by atoms with Gasteiger partial charge in [-0.05, 0) is 39.3 Å². The van der Waals surface area contributed by atoms with Crippen LogP contribution in [0.15, 0.2) is 18.3 Å². The monoisotopic (exact) mass is 368 g/mol. The van der Waals surface area contributed by atoms with Gasteiger partial charge in [-0.2, -0.15) is 0 Å². The summed E-state index contributed by atoms with van der Waals surface area (Å²) < 4.78 is 5.39. The van der Waals surface area contributed by atoms with Crippen LogP contribution in [-0.2, 0) is 4.74 Å². The number of alkyl halides is 1. The summed E-state index contributed by atoms with van der Waals surface area (Å²) in [7, 11) is 0. The number of rotatable bonds is 3. The lowest BCUT2D eigenvalue weighted by atomic mass is 10.0. The standard InChI is InChI=1S/C16H21BrN2O3/c1-16(2,3)22-15(21)19-7-5-12(10-19)13-8-11(4-6-18-13)14(20)9-17/h4,6,8,12H,5,7,9-10H2,1-3H3. The van der Waals surface area contributed by atoms with Crippen molar-refractivity contribution in [2.45, 2.75) is 38.7 Å². The van der Waals surface area contributed by atoms with E-state index in [-0.39, 0.29) is 17.8 Å². The first-order chi connectivity index (χ1) is 10.3. The van der Waals surface area contributed by atoms with E-state index in [0.29, 0.717) is 24.0 Å². The normalized spacial score (nSPS) is 18.4. The lowest BCUT2D eigenvalue weighted by molar-refractivity contribution is 0.0292. The van der Waals surface area contributed by atoms with Crippen molar-refractivity contribution in [3.63, 3.8) is 0 Å². The number of hydrogen-bond donors (Lipinski definition) is 0. The van der Waals surface area contributed by atoms with E-state index in [1.807, 2.05) is 26.8 Å². The first kappa shape index (κ1) is 16.9. The molecule has 22 heavy (non-hydrogen) atoms. The summed E-state index contributed by atoms with van der Waals surface area (Å²) in [4.78, 5) is 29.9. The molecular formula is C16H21BrN2O3. The van der Waals surface area contributed by atoms with E-state index in [2.05, 4.69) is 20.9 Å². The number of likely N-dealkylation sites (tertiary alicyclic amines) is 1. The zero-order chi connectivity index (χ0) is 16.3. The minimum absolute atomic E-state index is 0.0330. The number of carbonyl (C=O) groups is 2. The van der Waals surface area contributed by atoms with Crippen LogP contribution in [0.5, 0.6) is 0 Å². The highest BCUT2D eigenvalue weighted by atomic mass is 79.9. The molecule has 1 aliphatic rings. The number of Topliss-reactive ketones (excluding diaryl/α,β-unsaturated/α-hetero) is 1. The number of ether oxygens (including phenoxy) is 1. The Morgan fingerprint density at radius 1 is 1.45 bits per heavy atom.